The van der Waals surface area contributed by atoms with E-state index >= 15 is 0 Å². The van der Waals surface area contributed by atoms with E-state index in [1.54, 1.807) is 24.3 Å². The number of hydrogen-bond acceptors (Lipinski definition) is 5. The SMILES string of the molecule is CC(C)CNC(=O)COC(=O)c1ccccc1OCCOc1ccccc1. The lowest BCUT2D eigenvalue weighted by Gasteiger charge is -2.12. The van der Waals surface area contributed by atoms with Crippen LogP contribution in [0.4, 0.5) is 0 Å². The summed E-state index contributed by atoms with van der Waals surface area (Å²) in [5.41, 5.74) is 0.272. The number of nitrogens with one attached hydrogen (secondary N) is 1. The summed E-state index contributed by atoms with van der Waals surface area (Å²) >= 11 is 0. The van der Waals surface area contributed by atoms with Gasteiger partial charge in [-0.15, -0.1) is 0 Å². The van der Waals surface area contributed by atoms with E-state index in [1.165, 1.54) is 0 Å². The number of carbonyl (C=O) groups excluding carboxylic acids is 2. The maximum absolute atomic E-state index is 12.2. The smallest absolute Gasteiger partial charge is 0.342 e. The molecule has 27 heavy (non-hydrogen) atoms. The van der Waals surface area contributed by atoms with E-state index in [-0.39, 0.29) is 24.7 Å². The third-order valence-corrected chi connectivity index (χ3v) is 3.50. The predicted octanol–water partition coefficient (Wildman–Crippen LogP) is 3.07. The van der Waals surface area contributed by atoms with Crippen molar-refractivity contribution in [3.8, 4) is 11.5 Å². The predicted molar refractivity (Wildman–Crippen MR) is 102 cm³/mol. The van der Waals surface area contributed by atoms with Crippen LogP contribution in [-0.4, -0.2) is 38.2 Å². The number of benzene rings is 2. The standard InChI is InChI=1S/C21H25NO5/c1-16(2)14-22-20(23)15-27-21(24)18-10-6-7-11-19(18)26-13-12-25-17-8-4-3-5-9-17/h3-11,16H,12-15H2,1-2H3,(H,22,23). The molecule has 0 aromatic heterocycles. The lowest BCUT2D eigenvalue weighted by Crippen LogP contribution is -2.31. The van der Waals surface area contributed by atoms with Crippen molar-refractivity contribution in [1.29, 1.82) is 0 Å². The second kappa shape index (κ2) is 10.9. The summed E-state index contributed by atoms with van der Waals surface area (Å²) in [7, 11) is 0. The first kappa shape index (κ1) is 20.3. The van der Waals surface area contributed by atoms with Gasteiger partial charge in [0, 0.05) is 6.54 Å². The van der Waals surface area contributed by atoms with E-state index in [0.29, 0.717) is 24.8 Å². The molecule has 144 valence electrons. The van der Waals surface area contributed by atoms with Gasteiger partial charge in [0.15, 0.2) is 6.61 Å². The van der Waals surface area contributed by atoms with Crippen molar-refractivity contribution in [2.24, 2.45) is 5.92 Å². The van der Waals surface area contributed by atoms with E-state index in [4.69, 9.17) is 14.2 Å². The van der Waals surface area contributed by atoms with E-state index in [2.05, 4.69) is 5.32 Å². The molecule has 6 nitrogen and oxygen atoms in total. The number of rotatable bonds is 10. The summed E-state index contributed by atoms with van der Waals surface area (Å²) in [5.74, 6) is 0.542. The van der Waals surface area contributed by atoms with E-state index in [1.807, 2.05) is 44.2 Å². The van der Waals surface area contributed by atoms with Crippen molar-refractivity contribution in [2.45, 2.75) is 13.8 Å². The fourth-order valence-electron chi connectivity index (χ4n) is 2.17. The maximum Gasteiger partial charge on any atom is 0.342 e. The number of amides is 1. The Bertz CT molecular complexity index is 730. The molecule has 0 unspecified atom stereocenters. The average molecular weight is 371 g/mol. The monoisotopic (exact) mass is 371 g/mol. The Morgan fingerprint density at radius 2 is 1.59 bits per heavy atom. The van der Waals surface area contributed by atoms with Crippen LogP contribution >= 0.6 is 0 Å². The lowest BCUT2D eigenvalue weighted by molar-refractivity contribution is -0.124. The van der Waals surface area contributed by atoms with Crippen molar-refractivity contribution in [1.82, 2.24) is 5.32 Å². The fraction of sp³-hybridized carbons (Fsp3) is 0.333. The van der Waals surface area contributed by atoms with Crippen LogP contribution in [0.3, 0.4) is 0 Å². The van der Waals surface area contributed by atoms with Gasteiger partial charge in [-0.2, -0.15) is 0 Å². The normalized spacial score (nSPS) is 10.3. The van der Waals surface area contributed by atoms with Gasteiger partial charge in [0.05, 0.1) is 0 Å². The molecule has 0 aliphatic carbocycles. The molecule has 1 amide bonds. The van der Waals surface area contributed by atoms with Gasteiger partial charge in [0.2, 0.25) is 0 Å². The first-order chi connectivity index (χ1) is 13.1. The summed E-state index contributed by atoms with van der Waals surface area (Å²) < 4.78 is 16.3. The minimum atomic E-state index is -0.603. The number of hydrogen-bond donors (Lipinski definition) is 1. The van der Waals surface area contributed by atoms with E-state index in [0.717, 1.165) is 5.75 Å². The average Bonchev–Trinajstić information content (AvgIpc) is 2.69. The highest BCUT2D eigenvalue weighted by Gasteiger charge is 2.15. The van der Waals surface area contributed by atoms with Gasteiger partial charge in [-0.1, -0.05) is 44.2 Å². The number of para-hydroxylation sites is 2. The van der Waals surface area contributed by atoms with Crippen LogP contribution in [0.5, 0.6) is 11.5 Å². The highest BCUT2D eigenvalue weighted by molar-refractivity contribution is 5.93. The number of carbonyl (C=O) groups is 2. The summed E-state index contributed by atoms with van der Waals surface area (Å²) in [4.78, 5) is 23.9. The minimum absolute atomic E-state index is 0.272. The fourth-order valence-corrected chi connectivity index (χ4v) is 2.17. The minimum Gasteiger partial charge on any atom is -0.490 e. The molecule has 0 spiro atoms. The molecule has 0 saturated carbocycles. The number of ether oxygens (including phenoxy) is 3. The second-order valence-electron chi connectivity index (χ2n) is 6.28. The highest BCUT2D eigenvalue weighted by atomic mass is 16.5. The molecule has 0 fully saturated rings. The molecule has 0 atom stereocenters. The van der Waals surface area contributed by atoms with Crippen molar-refractivity contribution >= 4 is 11.9 Å². The molecule has 0 saturated heterocycles. The summed E-state index contributed by atoms with van der Waals surface area (Å²) in [6.45, 7) is 4.80. The van der Waals surface area contributed by atoms with Gasteiger partial charge in [0.1, 0.15) is 30.3 Å². The quantitative estimate of drug-likeness (QED) is 0.513. The van der Waals surface area contributed by atoms with Crippen LogP contribution in [0, 0.1) is 5.92 Å². The van der Waals surface area contributed by atoms with E-state index < -0.39 is 5.97 Å². The van der Waals surface area contributed by atoms with E-state index in [9.17, 15) is 9.59 Å². The molecule has 0 bridgehead atoms. The van der Waals surface area contributed by atoms with Crippen LogP contribution in [0.2, 0.25) is 0 Å². The lowest BCUT2D eigenvalue weighted by atomic mass is 10.2. The zero-order valence-corrected chi connectivity index (χ0v) is 15.6. The largest absolute Gasteiger partial charge is 0.490 e. The van der Waals surface area contributed by atoms with Gasteiger partial charge in [-0.05, 0) is 30.2 Å². The molecule has 2 aromatic carbocycles. The second-order valence-corrected chi connectivity index (χ2v) is 6.28. The Morgan fingerprint density at radius 3 is 2.33 bits per heavy atom. The Hall–Kier alpha value is -3.02. The summed E-state index contributed by atoms with van der Waals surface area (Å²) in [6.07, 6.45) is 0. The van der Waals surface area contributed by atoms with Crippen LogP contribution in [0.15, 0.2) is 54.6 Å². The Kier molecular flexibility index (Phi) is 8.16. The summed E-state index contributed by atoms with van der Waals surface area (Å²) in [5, 5.41) is 2.70. The number of esters is 1. The molecule has 2 aromatic rings. The van der Waals surface area contributed by atoms with Crippen LogP contribution in [0.25, 0.3) is 0 Å². The van der Waals surface area contributed by atoms with Crippen LogP contribution < -0.4 is 14.8 Å². The molecular formula is C21H25NO5. The molecule has 0 aliphatic rings. The molecule has 0 aliphatic heterocycles. The van der Waals surface area contributed by atoms with Crippen molar-refractivity contribution in [2.75, 3.05) is 26.4 Å². The van der Waals surface area contributed by atoms with Crippen molar-refractivity contribution < 1.29 is 23.8 Å². The Labute approximate surface area is 159 Å². The van der Waals surface area contributed by atoms with Gasteiger partial charge in [-0.3, -0.25) is 4.79 Å². The molecular weight excluding hydrogens is 346 g/mol. The molecule has 6 heteroatoms. The van der Waals surface area contributed by atoms with Crippen LogP contribution in [0.1, 0.15) is 24.2 Å². The zero-order chi connectivity index (χ0) is 19.5. The van der Waals surface area contributed by atoms with Crippen LogP contribution in [-0.2, 0) is 9.53 Å². The van der Waals surface area contributed by atoms with Gasteiger partial charge in [0.25, 0.3) is 5.91 Å². The molecule has 1 N–H and O–H groups in total. The Balaban J connectivity index is 1.81. The topological polar surface area (TPSA) is 73.9 Å². The first-order valence-corrected chi connectivity index (χ1v) is 8.89. The van der Waals surface area contributed by atoms with Gasteiger partial charge in [-0.25, -0.2) is 4.79 Å². The van der Waals surface area contributed by atoms with Gasteiger partial charge >= 0.3 is 5.97 Å². The molecule has 0 radical (unpaired) electrons. The third kappa shape index (κ3) is 7.40. The molecule has 2 rings (SSSR count). The Morgan fingerprint density at radius 1 is 0.926 bits per heavy atom. The zero-order valence-electron chi connectivity index (χ0n) is 15.6. The van der Waals surface area contributed by atoms with Crippen molar-refractivity contribution in [3.05, 3.63) is 60.2 Å². The maximum atomic E-state index is 12.2. The summed E-state index contributed by atoms with van der Waals surface area (Å²) in [6, 6.07) is 16.2. The first-order valence-electron chi connectivity index (χ1n) is 8.89. The van der Waals surface area contributed by atoms with Crippen molar-refractivity contribution in [3.63, 3.8) is 0 Å². The third-order valence-electron chi connectivity index (χ3n) is 3.50. The highest BCUT2D eigenvalue weighted by Crippen LogP contribution is 2.19. The van der Waals surface area contributed by atoms with Gasteiger partial charge < -0.3 is 19.5 Å². The molecule has 0 heterocycles.